The summed E-state index contributed by atoms with van der Waals surface area (Å²) in [5.74, 6) is -1.11. The first-order valence-corrected chi connectivity index (χ1v) is 10.1. The zero-order valence-corrected chi connectivity index (χ0v) is 18.3. The number of hydrogen-bond acceptors (Lipinski definition) is 8. The molecule has 0 spiro atoms. The number of amides is 1. The number of carbonyl (C=O) groups is 3. The van der Waals surface area contributed by atoms with Gasteiger partial charge < -0.3 is 19.3 Å². The van der Waals surface area contributed by atoms with Gasteiger partial charge in [0.15, 0.2) is 23.3 Å². The molecule has 0 radical (unpaired) electrons. The summed E-state index contributed by atoms with van der Waals surface area (Å²) in [6, 6.07) is 11.5. The molecule has 0 aromatic heterocycles. The van der Waals surface area contributed by atoms with E-state index in [1.807, 2.05) is 0 Å². The number of carboxylic acids is 1. The van der Waals surface area contributed by atoms with Gasteiger partial charge in [-0.15, -0.1) is 0 Å². The molecule has 0 aliphatic carbocycles. The van der Waals surface area contributed by atoms with Gasteiger partial charge in [-0.2, -0.15) is 0 Å². The van der Waals surface area contributed by atoms with Crippen molar-refractivity contribution in [2.24, 2.45) is 4.99 Å². The van der Waals surface area contributed by atoms with E-state index in [1.54, 1.807) is 55.6 Å². The molecule has 32 heavy (non-hydrogen) atoms. The van der Waals surface area contributed by atoms with E-state index in [4.69, 9.17) is 14.6 Å². The zero-order chi connectivity index (χ0) is 23.3. The van der Waals surface area contributed by atoms with E-state index in [2.05, 4.69) is 9.73 Å². The van der Waals surface area contributed by atoms with Crippen molar-refractivity contribution in [1.82, 2.24) is 4.90 Å². The normalized spacial score (nSPS) is 15.8. The number of aliphatic imine (C=N–C) groups is 1. The molecule has 9 nitrogen and oxygen atoms in total. The third kappa shape index (κ3) is 5.27. The van der Waals surface area contributed by atoms with Crippen LogP contribution in [0.15, 0.2) is 52.4 Å². The smallest absolute Gasteiger partial charge is 0.341 e. The highest BCUT2D eigenvalue weighted by Crippen LogP contribution is 2.35. The van der Waals surface area contributed by atoms with E-state index in [0.717, 1.165) is 0 Å². The predicted octanol–water partition coefficient (Wildman–Crippen LogP) is 3.18. The number of likely N-dealkylation sites (N-methyl/N-ethyl adjacent to an activating group) is 1. The third-order valence-corrected chi connectivity index (χ3v) is 5.41. The summed E-state index contributed by atoms with van der Waals surface area (Å²) >= 11 is 1.21. The van der Waals surface area contributed by atoms with E-state index < -0.39 is 18.5 Å². The number of esters is 1. The van der Waals surface area contributed by atoms with Crippen LogP contribution in [0.3, 0.4) is 0 Å². The second-order valence-electron chi connectivity index (χ2n) is 6.50. The van der Waals surface area contributed by atoms with E-state index >= 15 is 0 Å². The van der Waals surface area contributed by atoms with Crippen molar-refractivity contribution in [2.75, 3.05) is 27.9 Å². The zero-order valence-electron chi connectivity index (χ0n) is 17.5. The van der Waals surface area contributed by atoms with Crippen LogP contribution in [0.1, 0.15) is 15.9 Å². The molecule has 1 N–H and O–H groups in total. The molecule has 0 saturated carbocycles. The second kappa shape index (κ2) is 10.0. The van der Waals surface area contributed by atoms with Crippen LogP contribution in [0.25, 0.3) is 6.08 Å². The lowest BCUT2D eigenvalue weighted by Crippen LogP contribution is -2.23. The Hall–Kier alpha value is -3.79. The fourth-order valence-corrected chi connectivity index (χ4v) is 3.72. The highest BCUT2D eigenvalue weighted by molar-refractivity contribution is 8.18. The average molecular weight is 456 g/mol. The van der Waals surface area contributed by atoms with Gasteiger partial charge in [0.1, 0.15) is 0 Å². The van der Waals surface area contributed by atoms with E-state index in [1.165, 1.54) is 30.9 Å². The maximum Gasteiger partial charge on any atom is 0.341 e. The lowest BCUT2D eigenvalue weighted by Gasteiger charge is -2.09. The molecular formula is C22H20N2O7S. The van der Waals surface area contributed by atoms with Crippen molar-refractivity contribution in [3.63, 3.8) is 0 Å². The molecule has 166 valence electrons. The standard InChI is InChI=1S/C22H20N2O7S/c1-24-20(27)18(11-13-4-9-16(17(10-13)29-2)31-12-19(25)26)32-22(24)23-15-7-5-14(6-8-15)21(28)30-3/h4-11H,12H2,1-3H3,(H,25,26)/b18-11-,23-22?. The fraction of sp³-hybridized carbons (Fsp3) is 0.182. The molecule has 2 aromatic carbocycles. The SMILES string of the molecule is COC(=O)c1ccc(N=C2S/C(=C\c3ccc(OCC(=O)O)c(OC)c3)C(=O)N2C)cc1. The number of aliphatic carboxylic acids is 1. The summed E-state index contributed by atoms with van der Waals surface area (Å²) < 4.78 is 15.1. The molecule has 3 rings (SSSR count). The van der Waals surface area contributed by atoms with Crippen LogP contribution in [-0.2, 0) is 14.3 Å². The molecular weight excluding hydrogens is 436 g/mol. The van der Waals surface area contributed by atoms with Gasteiger partial charge in [0.05, 0.1) is 30.4 Å². The number of nitrogens with zero attached hydrogens (tertiary/aromatic N) is 2. The Morgan fingerprint density at radius 1 is 1.12 bits per heavy atom. The number of ether oxygens (including phenoxy) is 3. The van der Waals surface area contributed by atoms with Crippen LogP contribution in [0.2, 0.25) is 0 Å². The van der Waals surface area contributed by atoms with Crippen LogP contribution >= 0.6 is 11.8 Å². The first-order chi connectivity index (χ1) is 15.3. The maximum atomic E-state index is 12.7. The Labute approximate surface area is 188 Å². The lowest BCUT2D eigenvalue weighted by atomic mass is 10.2. The van der Waals surface area contributed by atoms with Gasteiger partial charge in [0.2, 0.25) is 0 Å². The minimum Gasteiger partial charge on any atom is -0.493 e. The highest BCUT2D eigenvalue weighted by atomic mass is 32.2. The van der Waals surface area contributed by atoms with Crippen LogP contribution in [-0.4, -0.2) is 60.9 Å². The first kappa shape index (κ1) is 22.9. The molecule has 0 atom stereocenters. The molecule has 0 bridgehead atoms. The lowest BCUT2D eigenvalue weighted by molar-refractivity contribution is -0.139. The molecule has 1 fully saturated rings. The number of hydrogen-bond donors (Lipinski definition) is 1. The Balaban J connectivity index is 1.81. The second-order valence-corrected chi connectivity index (χ2v) is 7.51. The molecule has 1 amide bonds. The number of carboxylic acid groups (broad SMARTS) is 1. The predicted molar refractivity (Wildman–Crippen MR) is 119 cm³/mol. The van der Waals surface area contributed by atoms with Gasteiger partial charge in [0.25, 0.3) is 5.91 Å². The molecule has 10 heteroatoms. The topological polar surface area (TPSA) is 115 Å². The molecule has 1 aliphatic rings. The quantitative estimate of drug-likeness (QED) is 0.499. The summed E-state index contributed by atoms with van der Waals surface area (Å²) in [4.78, 5) is 41.3. The summed E-state index contributed by atoms with van der Waals surface area (Å²) in [6.07, 6.45) is 1.69. The highest BCUT2D eigenvalue weighted by Gasteiger charge is 2.30. The largest absolute Gasteiger partial charge is 0.493 e. The number of thioether (sulfide) groups is 1. The maximum absolute atomic E-state index is 12.7. The van der Waals surface area contributed by atoms with Crippen molar-refractivity contribution in [1.29, 1.82) is 0 Å². The monoisotopic (exact) mass is 456 g/mol. The molecule has 0 unspecified atom stereocenters. The van der Waals surface area contributed by atoms with Crippen molar-refractivity contribution < 1.29 is 33.7 Å². The van der Waals surface area contributed by atoms with Gasteiger partial charge >= 0.3 is 11.9 Å². The van der Waals surface area contributed by atoms with Crippen LogP contribution in [0, 0.1) is 0 Å². The Kier molecular flexibility index (Phi) is 7.16. The Morgan fingerprint density at radius 2 is 1.84 bits per heavy atom. The molecule has 1 aliphatic heterocycles. The minimum atomic E-state index is -1.10. The van der Waals surface area contributed by atoms with Crippen molar-refractivity contribution in [3.8, 4) is 11.5 Å². The number of rotatable bonds is 7. The van der Waals surface area contributed by atoms with Crippen molar-refractivity contribution >= 4 is 46.5 Å². The van der Waals surface area contributed by atoms with Crippen LogP contribution in [0.4, 0.5) is 5.69 Å². The average Bonchev–Trinajstić information content (AvgIpc) is 3.05. The summed E-state index contributed by atoms with van der Waals surface area (Å²) in [5.41, 5.74) is 1.67. The Morgan fingerprint density at radius 3 is 2.47 bits per heavy atom. The number of amidine groups is 1. The van der Waals surface area contributed by atoms with Crippen LogP contribution < -0.4 is 9.47 Å². The van der Waals surface area contributed by atoms with Crippen LogP contribution in [0.5, 0.6) is 11.5 Å². The molecule has 1 saturated heterocycles. The van der Waals surface area contributed by atoms with Gasteiger partial charge in [-0.1, -0.05) is 6.07 Å². The molecule has 2 aromatic rings. The number of benzene rings is 2. The summed E-state index contributed by atoms with van der Waals surface area (Å²) in [5, 5.41) is 9.25. The number of carbonyl (C=O) groups excluding carboxylic acids is 2. The first-order valence-electron chi connectivity index (χ1n) is 9.29. The minimum absolute atomic E-state index is 0.217. The van der Waals surface area contributed by atoms with Crippen molar-refractivity contribution in [2.45, 2.75) is 0 Å². The number of methoxy groups -OCH3 is 2. The van der Waals surface area contributed by atoms with Gasteiger partial charge in [-0.3, -0.25) is 9.69 Å². The Bertz CT molecular complexity index is 1110. The summed E-state index contributed by atoms with van der Waals surface area (Å²) in [6.45, 7) is -0.490. The van der Waals surface area contributed by atoms with E-state index in [-0.39, 0.29) is 11.7 Å². The van der Waals surface area contributed by atoms with E-state index in [9.17, 15) is 14.4 Å². The van der Waals surface area contributed by atoms with Gasteiger partial charge in [-0.25, -0.2) is 14.6 Å². The van der Waals surface area contributed by atoms with Crippen molar-refractivity contribution in [3.05, 3.63) is 58.5 Å². The molecule has 1 heterocycles. The fourth-order valence-electron chi connectivity index (χ4n) is 2.74. The third-order valence-electron chi connectivity index (χ3n) is 4.35. The summed E-state index contributed by atoms with van der Waals surface area (Å²) in [7, 11) is 4.38. The van der Waals surface area contributed by atoms with E-state index in [0.29, 0.717) is 32.6 Å². The van der Waals surface area contributed by atoms with Gasteiger partial charge in [0, 0.05) is 7.05 Å². The van der Waals surface area contributed by atoms with Gasteiger partial charge in [-0.05, 0) is 59.8 Å².